The summed E-state index contributed by atoms with van der Waals surface area (Å²) >= 11 is 0. The molecule has 0 aromatic carbocycles. The molecular formula is H2CoOPtSi. The topological polar surface area (TPSA) is 17.1 Å². The summed E-state index contributed by atoms with van der Waals surface area (Å²) in [7, 11) is 0.611. The minimum absolute atomic E-state index is 0. The normalized spacial score (nSPS) is 1.00. The van der Waals surface area contributed by atoms with Crippen LogP contribution < -0.4 is 0 Å². The minimum atomic E-state index is 0. The summed E-state index contributed by atoms with van der Waals surface area (Å²) in [6, 6.07) is 0. The second-order valence-corrected chi connectivity index (χ2v) is 0. The zero-order chi connectivity index (χ0) is 2.00. The molecule has 0 saturated heterocycles. The van der Waals surface area contributed by atoms with Crippen LogP contribution in [0.3, 0.4) is 0 Å². The van der Waals surface area contributed by atoms with Crippen molar-refractivity contribution in [2.45, 2.75) is 0 Å². The van der Waals surface area contributed by atoms with Gasteiger partial charge in [-0.1, -0.05) is 0 Å². The summed E-state index contributed by atoms with van der Waals surface area (Å²) < 4.78 is 8.28. The first-order chi connectivity index (χ1) is 1.00. The average Bonchev–Trinajstić information content (AvgIpc) is 1.00. The van der Waals surface area contributed by atoms with E-state index in [1.54, 1.807) is 0 Å². The molecule has 0 amide bonds. The predicted molar refractivity (Wildman–Crippen MR) is 9.23 cm³/mol. The van der Waals surface area contributed by atoms with E-state index in [4.69, 9.17) is 4.46 Å². The summed E-state index contributed by atoms with van der Waals surface area (Å²) in [4.78, 5) is 0. The van der Waals surface area contributed by atoms with Gasteiger partial charge in [-0.25, -0.2) is 0 Å². The largest absolute Gasteiger partial charge is 0.396 e. The Morgan fingerprint density at radius 2 is 1.25 bits per heavy atom. The molecular weight excluding hydrogens is 298 g/mol. The third kappa shape index (κ3) is 10.7. The Labute approximate surface area is 52.5 Å². The fourth-order valence-corrected chi connectivity index (χ4v) is 0. The zero-order valence-electron chi connectivity index (χ0n) is 1.76. The van der Waals surface area contributed by atoms with Crippen LogP contribution in [0.15, 0.2) is 0 Å². The second-order valence-electron chi connectivity index (χ2n) is 0. The Bertz CT molecular complexity index is 8.00. The summed E-state index contributed by atoms with van der Waals surface area (Å²) in [5.74, 6) is 0. The minimum Gasteiger partial charge on any atom is -0.396 e. The number of rotatable bonds is 0. The number of hydrogen-bond acceptors (Lipinski definition) is 1. The van der Waals surface area contributed by atoms with E-state index in [2.05, 4.69) is 0 Å². The van der Waals surface area contributed by atoms with E-state index >= 15 is 0 Å². The van der Waals surface area contributed by atoms with E-state index in [9.17, 15) is 0 Å². The van der Waals surface area contributed by atoms with Crippen molar-refractivity contribution in [3.05, 3.63) is 0 Å². The fourth-order valence-electron chi connectivity index (χ4n) is 0. The van der Waals surface area contributed by atoms with E-state index in [0.717, 1.165) is 0 Å². The molecule has 0 bridgehead atoms. The van der Waals surface area contributed by atoms with Crippen molar-refractivity contribution < 1.29 is 42.3 Å². The molecule has 0 unspecified atom stereocenters. The monoisotopic (exact) mass is 300 g/mol. The van der Waals surface area contributed by atoms with Crippen LogP contribution in [0.25, 0.3) is 0 Å². The molecule has 0 rings (SSSR count). The van der Waals surface area contributed by atoms with Gasteiger partial charge in [0.2, 0.25) is 10.1 Å². The SMILES string of the molecule is O=[SiH2].[Co].[Pt]. The summed E-state index contributed by atoms with van der Waals surface area (Å²) in [5, 5.41) is 0. The average molecular weight is 300 g/mol. The fraction of sp³-hybridized carbons (Fsp3) is 0. The van der Waals surface area contributed by atoms with E-state index in [-0.39, 0.29) is 37.8 Å². The van der Waals surface area contributed by atoms with Crippen molar-refractivity contribution in [3.63, 3.8) is 0 Å². The molecule has 4 heteroatoms. The van der Waals surface area contributed by atoms with Crippen LogP contribution in [-0.4, -0.2) is 10.1 Å². The summed E-state index contributed by atoms with van der Waals surface area (Å²) in [6.45, 7) is 0. The van der Waals surface area contributed by atoms with E-state index in [0.29, 0.717) is 10.1 Å². The Balaban J connectivity index is -0.00000000500. The molecule has 0 aromatic heterocycles. The van der Waals surface area contributed by atoms with Gasteiger partial charge in [0.1, 0.15) is 0 Å². The van der Waals surface area contributed by atoms with E-state index in [1.165, 1.54) is 0 Å². The molecule has 0 atom stereocenters. The molecule has 0 heterocycles. The van der Waals surface area contributed by atoms with Crippen LogP contribution in [0, 0.1) is 0 Å². The van der Waals surface area contributed by atoms with Crippen molar-refractivity contribution in [3.8, 4) is 0 Å². The van der Waals surface area contributed by atoms with Gasteiger partial charge in [-0.05, 0) is 0 Å². The van der Waals surface area contributed by atoms with Crippen LogP contribution >= 0.6 is 0 Å². The molecule has 1 radical (unpaired) electrons. The zero-order valence-corrected chi connectivity index (χ0v) is 6.49. The molecule has 0 aliphatic heterocycles. The maximum atomic E-state index is 8.28. The third-order valence-electron chi connectivity index (χ3n) is 0. The molecule has 0 spiro atoms. The summed E-state index contributed by atoms with van der Waals surface area (Å²) in [6.07, 6.45) is 0. The molecule has 0 N–H and O–H groups in total. The molecule has 4 heavy (non-hydrogen) atoms. The van der Waals surface area contributed by atoms with Crippen molar-refractivity contribution in [1.82, 2.24) is 0 Å². The first-order valence-corrected chi connectivity index (χ1v) is 0.866. The van der Waals surface area contributed by atoms with E-state index in [1.807, 2.05) is 0 Å². The van der Waals surface area contributed by atoms with Gasteiger partial charge < -0.3 is 4.46 Å². The quantitative estimate of drug-likeness (QED) is 0.522. The van der Waals surface area contributed by atoms with E-state index < -0.39 is 0 Å². The van der Waals surface area contributed by atoms with Crippen molar-refractivity contribution in [2.24, 2.45) is 0 Å². The van der Waals surface area contributed by atoms with Crippen LogP contribution in [0.1, 0.15) is 0 Å². The van der Waals surface area contributed by atoms with Gasteiger partial charge in [0, 0.05) is 37.8 Å². The maximum Gasteiger partial charge on any atom is 0.245 e. The molecule has 31 valence electrons. The Hall–Kier alpha value is 1.21. The van der Waals surface area contributed by atoms with Gasteiger partial charge in [-0.3, -0.25) is 0 Å². The van der Waals surface area contributed by atoms with Crippen LogP contribution in [0.4, 0.5) is 0 Å². The van der Waals surface area contributed by atoms with Crippen molar-refractivity contribution in [2.75, 3.05) is 0 Å². The van der Waals surface area contributed by atoms with Gasteiger partial charge in [0.05, 0.1) is 0 Å². The van der Waals surface area contributed by atoms with Crippen LogP contribution in [0.5, 0.6) is 0 Å². The molecule has 0 saturated carbocycles. The second kappa shape index (κ2) is 29.6. The maximum absolute atomic E-state index is 8.28. The number of hydrogen-bond donors (Lipinski definition) is 0. The Morgan fingerprint density at radius 3 is 1.25 bits per heavy atom. The van der Waals surface area contributed by atoms with Gasteiger partial charge >= 0.3 is 0 Å². The molecule has 0 fully saturated rings. The molecule has 0 aliphatic rings. The van der Waals surface area contributed by atoms with Gasteiger partial charge in [-0.2, -0.15) is 0 Å². The molecule has 0 aliphatic carbocycles. The van der Waals surface area contributed by atoms with Gasteiger partial charge in [0.15, 0.2) is 0 Å². The smallest absolute Gasteiger partial charge is 0.245 e. The first kappa shape index (κ1) is 18.9. The Kier molecular flexibility index (Phi) is 140. The summed E-state index contributed by atoms with van der Waals surface area (Å²) in [5.41, 5.74) is 0. The van der Waals surface area contributed by atoms with Crippen molar-refractivity contribution >= 4 is 10.1 Å². The third-order valence-corrected chi connectivity index (χ3v) is 0. The van der Waals surface area contributed by atoms with Crippen molar-refractivity contribution in [1.29, 1.82) is 0 Å². The first-order valence-electron chi connectivity index (χ1n) is 0.289. The standard InChI is InChI=1S/Co.H2OSi.Pt/c;1-2;/h;2H2;. The van der Waals surface area contributed by atoms with Crippen LogP contribution in [-0.2, 0) is 42.3 Å². The molecule has 1 nitrogen and oxygen atoms in total. The Morgan fingerprint density at radius 1 is 1.25 bits per heavy atom. The molecule has 0 aromatic rings. The van der Waals surface area contributed by atoms with Gasteiger partial charge in [-0.15, -0.1) is 0 Å². The predicted octanol–water partition coefficient (Wildman–Crippen LogP) is -1.04. The van der Waals surface area contributed by atoms with Crippen LogP contribution in [0.2, 0.25) is 0 Å². The van der Waals surface area contributed by atoms with Gasteiger partial charge in [0.25, 0.3) is 0 Å².